The van der Waals surface area contributed by atoms with Crippen LogP contribution < -0.4 is 15.4 Å². The molecule has 3 aromatic rings. The molecule has 0 aliphatic carbocycles. The summed E-state index contributed by atoms with van der Waals surface area (Å²) in [5, 5.41) is 5.97. The summed E-state index contributed by atoms with van der Waals surface area (Å²) in [6.07, 6.45) is 1.55. The second-order valence-corrected chi connectivity index (χ2v) is 6.12. The van der Waals surface area contributed by atoms with Crippen molar-refractivity contribution in [3.8, 4) is 5.75 Å². The molecule has 1 heterocycles. The van der Waals surface area contributed by atoms with Crippen molar-refractivity contribution >= 4 is 23.4 Å². The highest BCUT2D eigenvalue weighted by molar-refractivity contribution is 5.95. The Hall–Kier alpha value is -3.87. The van der Waals surface area contributed by atoms with Crippen LogP contribution in [0.4, 0.5) is 11.5 Å². The number of hydrogen-bond donors (Lipinski definition) is 2. The van der Waals surface area contributed by atoms with Gasteiger partial charge in [-0.3, -0.25) is 4.79 Å². The van der Waals surface area contributed by atoms with E-state index in [0.29, 0.717) is 29.2 Å². The third kappa shape index (κ3) is 5.10. The number of benzene rings is 2. The van der Waals surface area contributed by atoms with Crippen molar-refractivity contribution in [3.63, 3.8) is 0 Å². The molecule has 0 atom stereocenters. The molecule has 0 aliphatic heterocycles. The Morgan fingerprint density at radius 2 is 1.79 bits per heavy atom. The molecule has 1 amide bonds. The number of nitrogens with one attached hydrogen (secondary N) is 2. The summed E-state index contributed by atoms with van der Waals surface area (Å²) in [6.45, 7) is 0.342. The van der Waals surface area contributed by atoms with Gasteiger partial charge in [0.05, 0.1) is 19.8 Å². The standard InChI is InChI=1S/C22H21N3O4/c1-28-19-9-4-3-6-17(19)14-24-21(26)15-10-11-23-20(13-15)25-18-8-5-7-16(12-18)22(27)29-2/h3-13H,14H2,1-2H3,(H,23,25)(H,24,26). The molecule has 29 heavy (non-hydrogen) atoms. The van der Waals surface area contributed by atoms with Crippen LogP contribution >= 0.6 is 0 Å². The van der Waals surface area contributed by atoms with Gasteiger partial charge in [0, 0.05) is 29.6 Å². The lowest BCUT2D eigenvalue weighted by molar-refractivity contribution is 0.0600. The predicted octanol–water partition coefficient (Wildman–Crippen LogP) is 3.55. The van der Waals surface area contributed by atoms with E-state index in [1.807, 2.05) is 24.3 Å². The average molecular weight is 391 g/mol. The van der Waals surface area contributed by atoms with Crippen LogP contribution in [0.2, 0.25) is 0 Å². The van der Waals surface area contributed by atoms with Crippen LogP contribution in [0.25, 0.3) is 0 Å². The van der Waals surface area contributed by atoms with Crippen LogP contribution in [0.15, 0.2) is 66.9 Å². The number of methoxy groups -OCH3 is 2. The van der Waals surface area contributed by atoms with Gasteiger partial charge in [-0.15, -0.1) is 0 Å². The maximum atomic E-state index is 12.5. The third-order valence-electron chi connectivity index (χ3n) is 4.21. The summed E-state index contributed by atoms with van der Waals surface area (Å²) < 4.78 is 10.0. The zero-order valence-electron chi connectivity index (χ0n) is 16.1. The fourth-order valence-electron chi connectivity index (χ4n) is 2.76. The summed E-state index contributed by atoms with van der Waals surface area (Å²) >= 11 is 0. The highest BCUT2D eigenvalue weighted by Gasteiger charge is 2.10. The number of carbonyl (C=O) groups excluding carboxylic acids is 2. The second kappa shape index (κ2) is 9.36. The van der Waals surface area contributed by atoms with E-state index in [0.717, 1.165) is 11.3 Å². The van der Waals surface area contributed by atoms with Crippen molar-refractivity contribution in [1.82, 2.24) is 10.3 Å². The number of aromatic nitrogens is 1. The molecule has 2 aromatic carbocycles. The van der Waals surface area contributed by atoms with Crippen LogP contribution in [0.1, 0.15) is 26.3 Å². The average Bonchev–Trinajstić information content (AvgIpc) is 2.77. The molecule has 0 saturated heterocycles. The van der Waals surface area contributed by atoms with E-state index in [9.17, 15) is 9.59 Å². The zero-order chi connectivity index (χ0) is 20.6. The van der Waals surface area contributed by atoms with E-state index in [2.05, 4.69) is 15.6 Å². The van der Waals surface area contributed by atoms with Crippen molar-refractivity contribution in [3.05, 3.63) is 83.6 Å². The number of hydrogen-bond acceptors (Lipinski definition) is 6. The fraction of sp³-hybridized carbons (Fsp3) is 0.136. The number of ether oxygens (including phenoxy) is 2. The number of pyridine rings is 1. The lowest BCUT2D eigenvalue weighted by Gasteiger charge is -2.11. The molecule has 0 bridgehead atoms. The number of nitrogens with zero attached hydrogens (tertiary/aromatic N) is 1. The van der Waals surface area contributed by atoms with Crippen LogP contribution in [0.3, 0.4) is 0 Å². The largest absolute Gasteiger partial charge is 0.496 e. The summed E-state index contributed by atoms with van der Waals surface area (Å²) in [5.74, 6) is 0.545. The van der Waals surface area contributed by atoms with Gasteiger partial charge in [0.15, 0.2) is 0 Å². The molecule has 3 rings (SSSR count). The Morgan fingerprint density at radius 1 is 0.966 bits per heavy atom. The van der Waals surface area contributed by atoms with Crippen molar-refractivity contribution in [2.24, 2.45) is 0 Å². The van der Waals surface area contributed by atoms with Crippen molar-refractivity contribution < 1.29 is 19.1 Å². The summed E-state index contributed by atoms with van der Waals surface area (Å²) in [6, 6.07) is 17.6. The van der Waals surface area contributed by atoms with E-state index >= 15 is 0 Å². The van der Waals surface area contributed by atoms with Crippen LogP contribution in [-0.2, 0) is 11.3 Å². The van der Waals surface area contributed by atoms with Crippen LogP contribution in [0.5, 0.6) is 5.75 Å². The minimum atomic E-state index is -0.425. The van der Waals surface area contributed by atoms with Gasteiger partial charge in [0.25, 0.3) is 5.91 Å². The molecule has 1 aromatic heterocycles. The molecule has 0 fully saturated rings. The van der Waals surface area contributed by atoms with Gasteiger partial charge >= 0.3 is 5.97 Å². The number of anilines is 2. The molecule has 0 aliphatic rings. The number of rotatable bonds is 7. The Balaban J connectivity index is 1.69. The van der Waals surface area contributed by atoms with Gasteiger partial charge in [0.1, 0.15) is 11.6 Å². The Labute approximate surface area is 168 Å². The van der Waals surface area contributed by atoms with Gasteiger partial charge in [-0.1, -0.05) is 24.3 Å². The molecule has 7 heteroatoms. The summed E-state index contributed by atoms with van der Waals surface area (Å²) in [5.41, 5.74) is 2.42. The lowest BCUT2D eigenvalue weighted by atomic mass is 10.2. The van der Waals surface area contributed by atoms with Gasteiger partial charge < -0.3 is 20.1 Å². The first-order valence-corrected chi connectivity index (χ1v) is 8.92. The first-order chi connectivity index (χ1) is 14.1. The molecule has 0 saturated carbocycles. The predicted molar refractivity (Wildman–Crippen MR) is 109 cm³/mol. The quantitative estimate of drug-likeness (QED) is 0.599. The fourth-order valence-corrected chi connectivity index (χ4v) is 2.76. The van der Waals surface area contributed by atoms with Crippen LogP contribution in [-0.4, -0.2) is 31.1 Å². The van der Waals surface area contributed by atoms with E-state index < -0.39 is 5.97 Å². The van der Waals surface area contributed by atoms with Gasteiger partial charge in [0.2, 0.25) is 0 Å². The van der Waals surface area contributed by atoms with Crippen molar-refractivity contribution in [1.29, 1.82) is 0 Å². The first kappa shape index (κ1) is 19.9. The van der Waals surface area contributed by atoms with Crippen LogP contribution in [0, 0.1) is 0 Å². The zero-order valence-corrected chi connectivity index (χ0v) is 16.1. The highest BCUT2D eigenvalue weighted by atomic mass is 16.5. The van der Waals surface area contributed by atoms with E-state index in [4.69, 9.17) is 9.47 Å². The normalized spacial score (nSPS) is 10.1. The first-order valence-electron chi connectivity index (χ1n) is 8.92. The Bertz CT molecular complexity index is 1020. The summed E-state index contributed by atoms with van der Waals surface area (Å²) in [4.78, 5) is 28.4. The minimum absolute atomic E-state index is 0.232. The SMILES string of the molecule is COC(=O)c1cccc(Nc2cc(C(=O)NCc3ccccc3OC)ccn2)c1. The minimum Gasteiger partial charge on any atom is -0.496 e. The molecule has 0 radical (unpaired) electrons. The molecule has 0 spiro atoms. The lowest BCUT2D eigenvalue weighted by Crippen LogP contribution is -2.23. The van der Waals surface area contributed by atoms with Gasteiger partial charge in [-0.05, 0) is 36.4 Å². The maximum absolute atomic E-state index is 12.5. The number of para-hydroxylation sites is 1. The smallest absolute Gasteiger partial charge is 0.337 e. The maximum Gasteiger partial charge on any atom is 0.337 e. The Kier molecular flexibility index (Phi) is 6.42. The monoisotopic (exact) mass is 391 g/mol. The molecular formula is C22H21N3O4. The number of amides is 1. The van der Waals surface area contributed by atoms with E-state index in [1.54, 1.807) is 49.7 Å². The van der Waals surface area contributed by atoms with Crippen molar-refractivity contribution in [2.75, 3.05) is 19.5 Å². The van der Waals surface area contributed by atoms with Gasteiger partial charge in [-0.25, -0.2) is 9.78 Å². The highest BCUT2D eigenvalue weighted by Crippen LogP contribution is 2.19. The molecular weight excluding hydrogens is 370 g/mol. The van der Waals surface area contributed by atoms with Gasteiger partial charge in [-0.2, -0.15) is 0 Å². The number of carbonyl (C=O) groups is 2. The van der Waals surface area contributed by atoms with E-state index in [1.165, 1.54) is 7.11 Å². The van der Waals surface area contributed by atoms with Crippen molar-refractivity contribution in [2.45, 2.75) is 6.54 Å². The second-order valence-electron chi connectivity index (χ2n) is 6.12. The molecule has 7 nitrogen and oxygen atoms in total. The molecule has 2 N–H and O–H groups in total. The number of esters is 1. The third-order valence-corrected chi connectivity index (χ3v) is 4.21. The molecule has 0 unspecified atom stereocenters. The molecule has 148 valence electrons. The topological polar surface area (TPSA) is 89.5 Å². The Morgan fingerprint density at radius 3 is 2.59 bits per heavy atom. The summed E-state index contributed by atoms with van der Waals surface area (Å²) in [7, 11) is 2.92. The van der Waals surface area contributed by atoms with E-state index in [-0.39, 0.29) is 5.91 Å².